The number of amides is 1. The quantitative estimate of drug-likeness (QED) is 0.738. The first-order valence-corrected chi connectivity index (χ1v) is 8.16. The fraction of sp³-hybridized carbons (Fsp3) is 0.211. The van der Waals surface area contributed by atoms with E-state index in [0.717, 1.165) is 17.8 Å². The molecule has 3 heterocycles. The fourth-order valence-corrected chi connectivity index (χ4v) is 3.28. The molecule has 0 saturated carbocycles. The summed E-state index contributed by atoms with van der Waals surface area (Å²) in [5.41, 5.74) is 2.51. The number of methoxy groups -OCH3 is 1. The van der Waals surface area contributed by atoms with Crippen LogP contribution in [-0.2, 0) is 6.54 Å². The standard InChI is InChI=1S/C19H18N4O2/c1-25-17-10-9-15(20-21-17)19(24)23-13-12-22-11-5-8-16(22)18(23)14-6-3-2-4-7-14/h2-11,18H,12-13H2,1H3/t18-/m0/s1. The van der Waals surface area contributed by atoms with Gasteiger partial charge in [0.15, 0.2) is 5.69 Å². The Bertz CT molecular complexity index is 874. The van der Waals surface area contributed by atoms with Crippen molar-refractivity contribution in [3.63, 3.8) is 0 Å². The molecule has 126 valence electrons. The highest BCUT2D eigenvalue weighted by atomic mass is 16.5. The smallest absolute Gasteiger partial charge is 0.275 e. The highest BCUT2D eigenvalue weighted by Gasteiger charge is 2.33. The number of hydrogen-bond acceptors (Lipinski definition) is 4. The summed E-state index contributed by atoms with van der Waals surface area (Å²) in [5.74, 6) is 0.264. The van der Waals surface area contributed by atoms with Crippen LogP contribution in [0.15, 0.2) is 60.8 Å². The number of hydrogen-bond donors (Lipinski definition) is 0. The molecule has 1 aliphatic heterocycles. The Labute approximate surface area is 145 Å². The van der Waals surface area contributed by atoms with Gasteiger partial charge in [-0.1, -0.05) is 30.3 Å². The zero-order valence-electron chi connectivity index (χ0n) is 13.9. The summed E-state index contributed by atoms with van der Waals surface area (Å²) in [4.78, 5) is 15.0. The summed E-state index contributed by atoms with van der Waals surface area (Å²) < 4.78 is 7.21. The molecule has 2 aromatic heterocycles. The highest BCUT2D eigenvalue weighted by molar-refractivity contribution is 5.92. The molecule has 1 amide bonds. The minimum absolute atomic E-state index is 0.128. The van der Waals surface area contributed by atoms with Crippen molar-refractivity contribution >= 4 is 5.91 Å². The van der Waals surface area contributed by atoms with Crippen LogP contribution in [0.2, 0.25) is 0 Å². The van der Waals surface area contributed by atoms with Gasteiger partial charge in [0.2, 0.25) is 5.88 Å². The van der Waals surface area contributed by atoms with Crippen molar-refractivity contribution in [2.24, 2.45) is 0 Å². The maximum atomic E-state index is 13.1. The summed E-state index contributed by atoms with van der Waals surface area (Å²) >= 11 is 0. The van der Waals surface area contributed by atoms with Crippen LogP contribution in [0.25, 0.3) is 0 Å². The van der Waals surface area contributed by atoms with Crippen molar-refractivity contribution in [3.05, 3.63) is 77.7 Å². The molecule has 1 atom stereocenters. The molecular formula is C19H18N4O2. The van der Waals surface area contributed by atoms with Crippen LogP contribution in [0.1, 0.15) is 27.8 Å². The van der Waals surface area contributed by atoms with Gasteiger partial charge in [-0.2, -0.15) is 0 Å². The Morgan fingerprint density at radius 3 is 2.60 bits per heavy atom. The van der Waals surface area contributed by atoms with Crippen LogP contribution < -0.4 is 4.74 Å². The maximum absolute atomic E-state index is 13.1. The number of carbonyl (C=O) groups is 1. The lowest BCUT2D eigenvalue weighted by Crippen LogP contribution is -2.42. The Morgan fingerprint density at radius 2 is 1.88 bits per heavy atom. The van der Waals surface area contributed by atoms with Crippen molar-refractivity contribution in [2.75, 3.05) is 13.7 Å². The molecule has 1 aromatic carbocycles. The van der Waals surface area contributed by atoms with E-state index in [1.54, 1.807) is 12.1 Å². The van der Waals surface area contributed by atoms with E-state index in [-0.39, 0.29) is 11.9 Å². The minimum atomic E-state index is -0.138. The molecule has 25 heavy (non-hydrogen) atoms. The van der Waals surface area contributed by atoms with Gasteiger partial charge in [-0.3, -0.25) is 4.79 Å². The van der Waals surface area contributed by atoms with Crippen LogP contribution in [0.5, 0.6) is 5.88 Å². The van der Waals surface area contributed by atoms with E-state index in [1.165, 1.54) is 7.11 Å². The molecule has 6 nitrogen and oxygen atoms in total. The van der Waals surface area contributed by atoms with Gasteiger partial charge in [-0.25, -0.2) is 0 Å². The predicted octanol–water partition coefficient (Wildman–Crippen LogP) is 2.53. The number of nitrogens with zero attached hydrogens (tertiary/aromatic N) is 4. The van der Waals surface area contributed by atoms with Gasteiger partial charge >= 0.3 is 0 Å². The predicted molar refractivity (Wildman–Crippen MR) is 92.3 cm³/mol. The molecule has 0 fully saturated rings. The lowest BCUT2D eigenvalue weighted by molar-refractivity contribution is 0.0656. The van der Waals surface area contributed by atoms with Crippen LogP contribution in [0.4, 0.5) is 0 Å². The molecule has 3 aromatic rings. The van der Waals surface area contributed by atoms with Crippen LogP contribution in [0, 0.1) is 0 Å². The van der Waals surface area contributed by atoms with Crippen LogP contribution in [0.3, 0.4) is 0 Å². The Hall–Kier alpha value is -3.15. The van der Waals surface area contributed by atoms with Gasteiger partial charge in [-0.05, 0) is 23.8 Å². The number of aromatic nitrogens is 3. The van der Waals surface area contributed by atoms with E-state index in [1.807, 2.05) is 41.3 Å². The topological polar surface area (TPSA) is 60.2 Å². The Morgan fingerprint density at radius 1 is 1.04 bits per heavy atom. The zero-order valence-corrected chi connectivity index (χ0v) is 13.9. The summed E-state index contributed by atoms with van der Waals surface area (Å²) in [5, 5.41) is 7.94. The van der Waals surface area contributed by atoms with Gasteiger partial charge < -0.3 is 14.2 Å². The summed E-state index contributed by atoms with van der Waals surface area (Å²) in [6.07, 6.45) is 2.06. The lowest BCUT2D eigenvalue weighted by atomic mass is 9.99. The van der Waals surface area contributed by atoms with Gasteiger partial charge in [-0.15, -0.1) is 10.2 Å². The molecule has 0 spiro atoms. The van der Waals surface area contributed by atoms with E-state index in [9.17, 15) is 4.79 Å². The average molecular weight is 334 g/mol. The first kappa shape index (κ1) is 15.4. The number of benzene rings is 1. The fourth-order valence-electron chi connectivity index (χ4n) is 3.28. The van der Waals surface area contributed by atoms with E-state index < -0.39 is 0 Å². The number of carbonyl (C=O) groups excluding carboxylic acids is 1. The van der Waals surface area contributed by atoms with E-state index >= 15 is 0 Å². The lowest BCUT2D eigenvalue weighted by Gasteiger charge is -2.37. The highest BCUT2D eigenvalue weighted by Crippen LogP contribution is 2.33. The van der Waals surface area contributed by atoms with E-state index in [2.05, 4.69) is 27.0 Å². The summed E-state index contributed by atoms with van der Waals surface area (Å²) in [6, 6.07) is 17.3. The van der Waals surface area contributed by atoms with Crippen molar-refractivity contribution in [1.29, 1.82) is 0 Å². The number of ether oxygens (including phenoxy) is 1. The molecule has 0 bridgehead atoms. The van der Waals surface area contributed by atoms with Crippen LogP contribution >= 0.6 is 0 Å². The van der Waals surface area contributed by atoms with Gasteiger partial charge in [0.1, 0.15) is 0 Å². The van der Waals surface area contributed by atoms with Crippen molar-refractivity contribution in [1.82, 2.24) is 19.7 Å². The average Bonchev–Trinajstić information content (AvgIpc) is 3.16. The second-order valence-electron chi connectivity index (χ2n) is 5.90. The van der Waals surface area contributed by atoms with Crippen molar-refractivity contribution in [3.8, 4) is 5.88 Å². The molecule has 4 rings (SSSR count). The Balaban J connectivity index is 1.73. The second kappa shape index (κ2) is 6.39. The van der Waals surface area contributed by atoms with Gasteiger partial charge in [0.25, 0.3) is 5.91 Å². The molecule has 0 N–H and O–H groups in total. The van der Waals surface area contributed by atoms with E-state index in [4.69, 9.17) is 4.74 Å². The van der Waals surface area contributed by atoms with Gasteiger partial charge in [0, 0.05) is 31.0 Å². The molecule has 1 aliphatic rings. The van der Waals surface area contributed by atoms with Gasteiger partial charge in [0.05, 0.1) is 13.2 Å². The Kier molecular flexibility index (Phi) is 3.93. The SMILES string of the molecule is COc1ccc(C(=O)N2CCn3cccc3[C@@H]2c2ccccc2)nn1. The second-order valence-corrected chi connectivity index (χ2v) is 5.90. The third-order valence-corrected chi connectivity index (χ3v) is 4.48. The minimum Gasteiger partial charge on any atom is -0.480 e. The molecular weight excluding hydrogens is 316 g/mol. The largest absolute Gasteiger partial charge is 0.480 e. The molecule has 0 saturated heterocycles. The van der Waals surface area contributed by atoms with Crippen molar-refractivity contribution < 1.29 is 9.53 Å². The third-order valence-electron chi connectivity index (χ3n) is 4.48. The van der Waals surface area contributed by atoms with Crippen LogP contribution in [-0.4, -0.2) is 39.2 Å². The molecule has 0 unspecified atom stereocenters. The normalized spacial score (nSPS) is 16.4. The number of rotatable bonds is 3. The first-order chi connectivity index (χ1) is 12.3. The zero-order chi connectivity index (χ0) is 17.2. The van der Waals surface area contributed by atoms with Crippen molar-refractivity contribution in [2.45, 2.75) is 12.6 Å². The van der Waals surface area contributed by atoms with E-state index in [0.29, 0.717) is 18.1 Å². The number of fused-ring (bicyclic) bond motifs is 1. The third kappa shape index (κ3) is 2.76. The summed E-state index contributed by atoms with van der Waals surface area (Å²) in [6.45, 7) is 1.38. The molecule has 6 heteroatoms. The summed E-state index contributed by atoms with van der Waals surface area (Å²) in [7, 11) is 1.52. The molecule has 0 aliphatic carbocycles. The maximum Gasteiger partial charge on any atom is 0.275 e. The first-order valence-electron chi connectivity index (χ1n) is 8.16. The molecule has 0 radical (unpaired) electrons. The monoisotopic (exact) mass is 334 g/mol.